The molecule has 228 valence electrons. The fraction of sp³-hybridized carbons (Fsp3) is 0.500. The van der Waals surface area contributed by atoms with E-state index in [-0.39, 0.29) is 40.5 Å². The van der Waals surface area contributed by atoms with Crippen LogP contribution >= 0.6 is 11.6 Å². The molecular weight excluding hydrogens is 571 g/mol. The lowest BCUT2D eigenvalue weighted by molar-refractivity contribution is -0.0366. The van der Waals surface area contributed by atoms with Gasteiger partial charge in [-0.15, -0.1) is 0 Å². The number of hydrogen-bond donors (Lipinski definition) is 0. The molecule has 11 heteroatoms. The minimum Gasteiger partial charge on any atom is -0.444 e. The Labute approximate surface area is 255 Å². The van der Waals surface area contributed by atoms with Crippen LogP contribution in [-0.2, 0) is 9.47 Å². The molecule has 3 atom stereocenters. The van der Waals surface area contributed by atoms with Crippen LogP contribution in [0.2, 0.25) is 5.02 Å². The van der Waals surface area contributed by atoms with Crippen molar-refractivity contribution in [1.29, 1.82) is 0 Å². The van der Waals surface area contributed by atoms with E-state index in [0.29, 0.717) is 36.5 Å². The molecule has 0 unspecified atom stereocenters. The Balaban J connectivity index is 1.42. The topological polar surface area (TPSA) is 85.6 Å². The van der Waals surface area contributed by atoms with Crippen LogP contribution in [0, 0.1) is 12.7 Å². The minimum atomic E-state index is -0.587. The number of piperazine rings is 1. The summed E-state index contributed by atoms with van der Waals surface area (Å²) in [5.41, 5.74) is 2.24. The van der Waals surface area contributed by atoms with Gasteiger partial charge in [0.05, 0.1) is 16.7 Å². The van der Waals surface area contributed by atoms with Crippen LogP contribution in [0.4, 0.5) is 15.0 Å². The van der Waals surface area contributed by atoms with E-state index in [1.807, 2.05) is 58.4 Å². The van der Waals surface area contributed by atoms with Crippen LogP contribution in [-0.4, -0.2) is 68.1 Å². The van der Waals surface area contributed by atoms with Gasteiger partial charge >= 0.3 is 6.09 Å². The predicted molar refractivity (Wildman–Crippen MR) is 166 cm³/mol. The molecule has 0 spiro atoms. The number of carbonyl (C=O) groups is 1. The standard InChI is InChI=1S/C32H38ClFN6O3/c1-18-10-11-21-14-37-40(24-9-7-8-12-42-24)29(21)25(18)26-23(33)13-22-28(27(26)34)35-17-36-30(22)38-15-20(3)39(16-19(38)2)31(41)43-32(4,5)6/h10-11,13-14,17,19-20,24H,7-9,12,15-16H2,1-6H3/t19-,20-,24-/m0/s1. The minimum absolute atomic E-state index is 0.107. The second kappa shape index (κ2) is 11.2. The number of ether oxygens (including phenoxy) is 2. The van der Waals surface area contributed by atoms with Crippen LogP contribution in [0.1, 0.15) is 65.7 Å². The highest BCUT2D eigenvalue weighted by molar-refractivity contribution is 6.35. The van der Waals surface area contributed by atoms with Crippen LogP contribution in [0.5, 0.6) is 0 Å². The van der Waals surface area contributed by atoms with Gasteiger partial charge in [0.1, 0.15) is 23.3 Å². The molecule has 2 fully saturated rings. The zero-order chi connectivity index (χ0) is 30.6. The largest absolute Gasteiger partial charge is 0.444 e. The molecule has 0 N–H and O–H groups in total. The molecule has 2 saturated heterocycles. The van der Waals surface area contributed by atoms with Gasteiger partial charge in [-0.05, 0) is 72.4 Å². The molecule has 4 aromatic rings. The predicted octanol–water partition coefficient (Wildman–Crippen LogP) is 7.28. The van der Waals surface area contributed by atoms with E-state index >= 15 is 4.39 Å². The lowest BCUT2D eigenvalue weighted by Gasteiger charge is -2.44. The fourth-order valence-electron chi connectivity index (χ4n) is 6.26. The van der Waals surface area contributed by atoms with Crippen LogP contribution in [0.15, 0.2) is 30.7 Å². The molecule has 0 bridgehead atoms. The smallest absolute Gasteiger partial charge is 0.410 e. The summed E-state index contributed by atoms with van der Waals surface area (Å²) < 4.78 is 30.3. The van der Waals surface area contributed by atoms with Crippen molar-refractivity contribution in [2.24, 2.45) is 0 Å². The summed E-state index contributed by atoms with van der Waals surface area (Å²) in [6.07, 6.45) is 5.52. The Bertz CT molecular complexity index is 1700. The SMILES string of the molecule is Cc1ccc2cnn([C@@H]3CCCCO3)c2c1-c1c(Cl)cc2c(N3C[C@H](C)N(C(=O)OC(C)(C)C)C[C@@H]3C)ncnc2c1F. The van der Waals surface area contributed by atoms with E-state index in [9.17, 15) is 4.79 Å². The maximum Gasteiger partial charge on any atom is 0.410 e. The Hall–Kier alpha value is -3.50. The molecule has 0 aliphatic carbocycles. The molecular formula is C32H38ClFN6O3. The van der Waals surface area contributed by atoms with Gasteiger partial charge < -0.3 is 19.3 Å². The van der Waals surface area contributed by atoms with Crippen LogP contribution in [0.25, 0.3) is 32.9 Å². The summed E-state index contributed by atoms with van der Waals surface area (Å²) >= 11 is 6.98. The van der Waals surface area contributed by atoms with Crippen molar-refractivity contribution in [3.63, 3.8) is 0 Å². The highest BCUT2D eigenvalue weighted by atomic mass is 35.5. The highest BCUT2D eigenvalue weighted by Crippen LogP contribution is 2.43. The van der Waals surface area contributed by atoms with E-state index in [4.69, 9.17) is 21.1 Å². The fourth-order valence-corrected chi connectivity index (χ4v) is 6.55. The third kappa shape index (κ3) is 5.40. The normalized spacial score (nSPS) is 21.5. The number of amides is 1. The Kier molecular flexibility index (Phi) is 7.71. The number of aryl methyl sites for hydroxylation is 1. The first-order chi connectivity index (χ1) is 20.4. The van der Waals surface area contributed by atoms with Crippen molar-refractivity contribution in [3.8, 4) is 11.1 Å². The number of hydrogen-bond acceptors (Lipinski definition) is 7. The molecule has 2 aliphatic rings. The Morgan fingerprint density at radius 2 is 1.91 bits per heavy atom. The molecule has 4 heterocycles. The number of carbonyl (C=O) groups excluding carboxylic acids is 1. The first kappa shape index (κ1) is 29.6. The van der Waals surface area contributed by atoms with Crippen molar-refractivity contribution in [3.05, 3.63) is 47.1 Å². The van der Waals surface area contributed by atoms with Gasteiger partial charge in [0.2, 0.25) is 0 Å². The van der Waals surface area contributed by atoms with Crippen LogP contribution < -0.4 is 4.90 Å². The van der Waals surface area contributed by atoms with Gasteiger partial charge in [-0.3, -0.25) is 0 Å². The van der Waals surface area contributed by atoms with Crippen molar-refractivity contribution in [1.82, 2.24) is 24.6 Å². The Morgan fingerprint density at radius 1 is 1.12 bits per heavy atom. The van der Waals surface area contributed by atoms with Crippen molar-refractivity contribution in [2.75, 3.05) is 24.6 Å². The van der Waals surface area contributed by atoms with E-state index in [2.05, 4.69) is 20.0 Å². The number of rotatable bonds is 3. The lowest BCUT2D eigenvalue weighted by atomic mass is 9.95. The van der Waals surface area contributed by atoms with Crippen LogP contribution in [0.3, 0.4) is 0 Å². The van der Waals surface area contributed by atoms with Crippen molar-refractivity contribution in [2.45, 2.75) is 84.7 Å². The third-order valence-electron chi connectivity index (χ3n) is 8.33. The monoisotopic (exact) mass is 608 g/mol. The average molecular weight is 609 g/mol. The molecule has 43 heavy (non-hydrogen) atoms. The Morgan fingerprint density at radius 3 is 2.63 bits per heavy atom. The summed E-state index contributed by atoms with van der Waals surface area (Å²) in [6, 6.07) is 5.46. The summed E-state index contributed by atoms with van der Waals surface area (Å²) in [7, 11) is 0. The van der Waals surface area contributed by atoms with E-state index in [0.717, 1.165) is 35.7 Å². The maximum atomic E-state index is 16.7. The molecule has 2 aromatic carbocycles. The second-order valence-electron chi connectivity index (χ2n) is 12.7. The molecule has 2 aliphatic heterocycles. The third-order valence-corrected chi connectivity index (χ3v) is 8.63. The molecule has 0 radical (unpaired) electrons. The van der Waals surface area contributed by atoms with E-state index < -0.39 is 11.4 Å². The first-order valence-electron chi connectivity index (χ1n) is 14.9. The van der Waals surface area contributed by atoms with Crippen molar-refractivity contribution < 1.29 is 18.7 Å². The number of anilines is 1. The lowest BCUT2D eigenvalue weighted by Crippen LogP contribution is -2.59. The molecule has 0 saturated carbocycles. The molecule has 1 amide bonds. The van der Waals surface area contributed by atoms with Crippen molar-refractivity contribution >= 4 is 45.3 Å². The van der Waals surface area contributed by atoms with Gasteiger partial charge in [0.25, 0.3) is 0 Å². The number of fused-ring (bicyclic) bond motifs is 2. The quantitative estimate of drug-likeness (QED) is 0.242. The van der Waals surface area contributed by atoms with E-state index in [1.165, 1.54) is 6.33 Å². The zero-order valence-electron chi connectivity index (χ0n) is 25.5. The van der Waals surface area contributed by atoms with Gasteiger partial charge in [0.15, 0.2) is 12.0 Å². The van der Waals surface area contributed by atoms with E-state index in [1.54, 1.807) is 17.2 Å². The molecule has 2 aromatic heterocycles. The number of halogens is 2. The summed E-state index contributed by atoms with van der Waals surface area (Å²) in [4.78, 5) is 25.7. The zero-order valence-corrected chi connectivity index (χ0v) is 26.3. The second-order valence-corrected chi connectivity index (χ2v) is 13.1. The highest BCUT2D eigenvalue weighted by Gasteiger charge is 2.36. The van der Waals surface area contributed by atoms with Gasteiger partial charge in [-0.2, -0.15) is 5.10 Å². The molecule has 9 nitrogen and oxygen atoms in total. The maximum absolute atomic E-state index is 16.7. The summed E-state index contributed by atoms with van der Waals surface area (Å²) in [5, 5.41) is 6.33. The summed E-state index contributed by atoms with van der Waals surface area (Å²) in [6.45, 7) is 13.1. The number of nitrogens with zero attached hydrogens (tertiary/aromatic N) is 6. The van der Waals surface area contributed by atoms with Gasteiger partial charge in [-0.1, -0.05) is 23.7 Å². The number of benzene rings is 2. The molecule has 6 rings (SSSR count). The van der Waals surface area contributed by atoms with Gasteiger partial charge in [-0.25, -0.2) is 23.8 Å². The summed E-state index contributed by atoms with van der Waals surface area (Å²) in [5.74, 6) is 0.0725. The van der Waals surface area contributed by atoms with Gasteiger partial charge in [0, 0.05) is 53.7 Å². The number of aromatic nitrogens is 4. The average Bonchev–Trinajstić information content (AvgIpc) is 3.39. The first-order valence-corrected chi connectivity index (χ1v) is 15.3.